The number of benzene rings is 2. The summed E-state index contributed by atoms with van der Waals surface area (Å²) >= 11 is 0. The van der Waals surface area contributed by atoms with E-state index in [9.17, 15) is 8.42 Å². The van der Waals surface area contributed by atoms with Gasteiger partial charge in [0, 0.05) is 5.69 Å². The van der Waals surface area contributed by atoms with Crippen molar-refractivity contribution in [3.8, 4) is 0 Å². The fourth-order valence-electron chi connectivity index (χ4n) is 2.81. The van der Waals surface area contributed by atoms with Gasteiger partial charge in [-0.1, -0.05) is 45.0 Å². The first-order valence-electron chi connectivity index (χ1n) is 8.62. The molecule has 142 valence electrons. The third-order valence-corrected chi connectivity index (χ3v) is 6.17. The number of nitrogen functional groups attached to an aromatic ring is 1. The summed E-state index contributed by atoms with van der Waals surface area (Å²) in [6.45, 7) is 8.19. The second kappa shape index (κ2) is 6.74. The lowest BCUT2D eigenvalue weighted by molar-refractivity contribution is 0.586. The van der Waals surface area contributed by atoms with Crippen molar-refractivity contribution in [3.63, 3.8) is 0 Å². The molecule has 6 nitrogen and oxygen atoms in total. The minimum absolute atomic E-state index is 0.00468. The Morgan fingerprint density at radius 2 is 1.74 bits per heavy atom. The van der Waals surface area contributed by atoms with E-state index in [1.165, 1.54) is 0 Å². The van der Waals surface area contributed by atoms with Crippen LogP contribution in [0.4, 0.5) is 17.3 Å². The molecule has 1 aromatic heterocycles. The van der Waals surface area contributed by atoms with Gasteiger partial charge in [0.05, 0.1) is 4.90 Å². The summed E-state index contributed by atoms with van der Waals surface area (Å²) < 4.78 is 26.3. The highest BCUT2D eigenvalue weighted by atomic mass is 32.2. The van der Waals surface area contributed by atoms with Crippen LogP contribution in [-0.2, 0) is 15.3 Å². The van der Waals surface area contributed by atoms with E-state index in [0.717, 1.165) is 16.8 Å². The largest absolute Gasteiger partial charge is 0.383 e. The molecule has 1 heterocycles. The van der Waals surface area contributed by atoms with E-state index in [-0.39, 0.29) is 26.8 Å². The Hall–Kier alpha value is -2.80. The van der Waals surface area contributed by atoms with Gasteiger partial charge in [0.2, 0.25) is 9.84 Å². The highest BCUT2D eigenvalue weighted by Crippen LogP contribution is 2.33. The van der Waals surface area contributed by atoms with Crippen LogP contribution in [0.1, 0.15) is 31.9 Å². The van der Waals surface area contributed by atoms with Crippen LogP contribution in [0, 0.1) is 6.92 Å². The van der Waals surface area contributed by atoms with E-state index in [2.05, 4.69) is 36.3 Å². The van der Waals surface area contributed by atoms with Gasteiger partial charge in [-0.15, -0.1) is 0 Å². The Morgan fingerprint density at radius 3 is 2.33 bits per heavy atom. The van der Waals surface area contributed by atoms with E-state index in [1.807, 2.05) is 43.3 Å². The maximum absolute atomic E-state index is 13.2. The average molecular weight is 385 g/mol. The molecule has 2 aromatic carbocycles. The molecule has 0 saturated heterocycles. The molecule has 27 heavy (non-hydrogen) atoms. The second-order valence-electron chi connectivity index (χ2n) is 7.59. The molecule has 0 radical (unpaired) electrons. The number of rotatable bonds is 4. The molecular formula is C20H24N4O2S. The number of aromatic nitrogens is 2. The number of nitrogens with zero attached hydrogens (tertiary/aromatic N) is 1. The molecular weight excluding hydrogens is 360 g/mol. The van der Waals surface area contributed by atoms with E-state index in [4.69, 9.17) is 5.73 Å². The van der Waals surface area contributed by atoms with E-state index >= 15 is 0 Å². The highest BCUT2D eigenvalue weighted by molar-refractivity contribution is 7.91. The molecule has 0 aliphatic heterocycles. The maximum Gasteiger partial charge on any atom is 0.213 e. The lowest BCUT2D eigenvalue weighted by atomic mass is 9.87. The molecule has 0 atom stereocenters. The summed E-state index contributed by atoms with van der Waals surface area (Å²) in [4.78, 5) is 0.128. The van der Waals surface area contributed by atoms with Crippen LogP contribution in [-0.4, -0.2) is 18.6 Å². The molecule has 0 bridgehead atoms. The summed E-state index contributed by atoms with van der Waals surface area (Å²) in [5.41, 5.74) is 8.69. The number of nitrogens with one attached hydrogen (secondary N) is 2. The zero-order chi connectivity index (χ0) is 19.8. The number of hydrogen-bond donors (Lipinski definition) is 3. The second-order valence-corrected chi connectivity index (χ2v) is 9.47. The summed E-state index contributed by atoms with van der Waals surface area (Å²) in [7, 11) is -3.83. The van der Waals surface area contributed by atoms with Gasteiger partial charge in [-0.05, 0) is 47.7 Å². The van der Waals surface area contributed by atoms with E-state index in [0.29, 0.717) is 0 Å². The summed E-state index contributed by atoms with van der Waals surface area (Å²) in [5.74, 6) is 0.183. The van der Waals surface area contributed by atoms with Gasteiger partial charge >= 0.3 is 0 Å². The fraction of sp³-hybridized carbons (Fsp3) is 0.250. The summed E-state index contributed by atoms with van der Waals surface area (Å²) in [6.07, 6.45) is 0. The zero-order valence-electron chi connectivity index (χ0n) is 15.9. The molecule has 0 aliphatic rings. The van der Waals surface area contributed by atoms with Crippen LogP contribution in [0.3, 0.4) is 0 Å². The molecule has 3 rings (SSSR count). The SMILES string of the molecule is Cc1cccc(Nc2n[nH]c(N)c2S(=O)(=O)c2ccc(C(C)(C)C)cc2)c1. The molecule has 0 fully saturated rings. The Bertz CT molecular complexity index is 1060. The molecule has 0 saturated carbocycles. The van der Waals surface area contributed by atoms with Gasteiger partial charge in [0.25, 0.3) is 0 Å². The van der Waals surface area contributed by atoms with Crippen molar-refractivity contribution in [2.24, 2.45) is 0 Å². The minimum atomic E-state index is -3.83. The first kappa shape index (κ1) is 19.0. The number of anilines is 3. The van der Waals surface area contributed by atoms with Crippen molar-refractivity contribution in [2.75, 3.05) is 11.1 Å². The van der Waals surface area contributed by atoms with Crippen molar-refractivity contribution in [1.29, 1.82) is 0 Å². The van der Waals surface area contributed by atoms with Gasteiger partial charge in [0.1, 0.15) is 5.82 Å². The van der Waals surface area contributed by atoms with Gasteiger partial charge in [-0.2, -0.15) is 5.10 Å². The van der Waals surface area contributed by atoms with Crippen LogP contribution < -0.4 is 11.1 Å². The molecule has 3 aromatic rings. The number of aromatic amines is 1. The lowest BCUT2D eigenvalue weighted by Gasteiger charge is -2.19. The van der Waals surface area contributed by atoms with Crippen molar-refractivity contribution >= 4 is 27.2 Å². The predicted molar refractivity (Wildman–Crippen MR) is 108 cm³/mol. The molecule has 0 aliphatic carbocycles. The quantitative estimate of drug-likeness (QED) is 0.626. The third kappa shape index (κ3) is 3.83. The maximum atomic E-state index is 13.2. The van der Waals surface area contributed by atoms with Crippen molar-refractivity contribution < 1.29 is 8.42 Å². The van der Waals surface area contributed by atoms with Crippen LogP contribution >= 0.6 is 0 Å². The minimum Gasteiger partial charge on any atom is -0.383 e. The zero-order valence-corrected chi connectivity index (χ0v) is 16.7. The molecule has 4 N–H and O–H groups in total. The van der Waals surface area contributed by atoms with Crippen LogP contribution in [0.2, 0.25) is 0 Å². The Labute approximate surface area is 159 Å². The monoisotopic (exact) mass is 384 g/mol. The van der Waals surface area contributed by atoms with Gasteiger partial charge in [0.15, 0.2) is 10.7 Å². The molecule has 7 heteroatoms. The Morgan fingerprint density at radius 1 is 1.07 bits per heavy atom. The first-order chi connectivity index (χ1) is 12.6. The number of hydrogen-bond acceptors (Lipinski definition) is 5. The van der Waals surface area contributed by atoms with Gasteiger partial charge < -0.3 is 11.1 Å². The Kier molecular flexibility index (Phi) is 4.73. The number of nitrogens with two attached hydrogens (primary N) is 1. The highest BCUT2D eigenvalue weighted by Gasteiger charge is 2.28. The van der Waals surface area contributed by atoms with E-state index < -0.39 is 9.84 Å². The molecule has 0 unspecified atom stereocenters. The standard InChI is InChI=1S/C20H24N4O2S/c1-13-6-5-7-15(12-13)22-19-17(18(21)23-24-19)27(25,26)16-10-8-14(9-11-16)20(2,3)4/h5-12H,1-4H3,(H4,21,22,23,24). The van der Waals surface area contributed by atoms with Crippen LogP contribution in [0.25, 0.3) is 0 Å². The van der Waals surface area contributed by atoms with Crippen LogP contribution in [0.15, 0.2) is 58.3 Å². The Balaban J connectivity index is 2.01. The first-order valence-corrected chi connectivity index (χ1v) is 10.1. The lowest BCUT2D eigenvalue weighted by Crippen LogP contribution is -2.12. The molecule has 0 amide bonds. The smallest absolute Gasteiger partial charge is 0.213 e. The molecule has 0 spiro atoms. The van der Waals surface area contributed by atoms with Crippen molar-refractivity contribution in [1.82, 2.24) is 10.2 Å². The van der Waals surface area contributed by atoms with Gasteiger partial charge in [-0.25, -0.2) is 8.42 Å². The van der Waals surface area contributed by atoms with Crippen molar-refractivity contribution in [2.45, 2.75) is 42.9 Å². The normalized spacial score (nSPS) is 12.1. The number of sulfone groups is 1. The van der Waals surface area contributed by atoms with Crippen molar-refractivity contribution in [3.05, 3.63) is 59.7 Å². The topological polar surface area (TPSA) is 101 Å². The number of H-pyrrole nitrogens is 1. The average Bonchev–Trinajstić information content (AvgIpc) is 2.95. The number of aryl methyl sites for hydroxylation is 1. The van der Waals surface area contributed by atoms with Crippen LogP contribution in [0.5, 0.6) is 0 Å². The van der Waals surface area contributed by atoms with E-state index in [1.54, 1.807) is 12.1 Å². The van der Waals surface area contributed by atoms with Gasteiger partial charge in [-0.3, -0.25) is 5.10 Å². The predicted octanol–water partition coefficient (Wildman–Crippen LogP) is 4.17. The summed E-state index contributed by atoms with van der Waals surface area (Å²) in [6, 6.07) is 14.5. The summed E-state index contributed by atoms with van der Waals surface area (Å²) in [5, 5.41) is 9.66. The third-order valence-electron chi connectivity index (χ3n) is 4.33. The fourth-order valence-corrected chi connectivity index (χ4v) is 4.23.